The molecule has 0 fully saturated rings. The first-order chi connectivity index (χ1) is 10.1. The van der Waals surface area contributed by atoms with Gasteiger partial charge in [0, 0.05) is 19.0 Å². The maximum atomic E-state index is 12.5. The lowest BCUT2D eigenvalue weighted by atomic mass is 10.1. The van der Waals surface area contributed by atoms with Crippen molar-refractivity contribution in [1.82, 2.24) is 15.6 Å². The lowest BCUT2D eigenvalue weighted by Gasteiger charge is -2.11. The molecule has 0 aliphatic carbocycles. The van der Waals surface area contributed by atoms with Crippen LogP contribution in [0.3, 0.4) is 0 Å². The number of rotatable bonds is 5. The summed E-state index contributed by atoms with van der Waals surface area (Å²) >= 11 is 0. The Kier molecular flexibility index (Phi) is 5.90. The molecule has 0 saturated heterocycles. The van der Waals surface area contributed by atoms with Crippen molar-refractivity contribution in [2.24, 2.45) is 0 Å². The van der Waals surface area contributed by atoms with Gasteiger partial charge < -0.3 is 10.6 Å². The second-order valence-corrected chi connectivity index (χ2v) is 5.06. The van der Waals surface area contributed by atoms with Crippen molar-refractivity contribution in [1.29, 1.82) is 0 Å². The number of halogens is 3. The van der Waals surface area contributed by atoms with Crippen LogP contribution in [0, 0.1) is 6.92 Å². The Labute approximate surface area is 126 Å². The van der Waals surface area contributed by atoms with Crippen LogP contribution < -0.4 is 10.6 Å². The summed E-state index contributed by atoms with van der Waals surface area (Å²) in [6, 6.07) is 1.84. The van der Waals surface area contributed by atoms with Crippen molar-refractivity contribution < 1.29 is 22.8 Å². The molecule has 0 atom stereocenters. The third-order valence-corrected chi connectivity index (χ3v) is 2.71. The zero-order valence-corrected chi connectivity index (χ0v) is 12.5. The highest BCUT2D eigenvalue weighted by molar-refractivity contribution is 5.95. The van der Waals surface area contributed by atoms with Gasteiger partial charge in [-0.3, -0.25) is 9.59 Å². The zero-order valence-electron chi connectivity index (χ0n) is 12.5. The van der Waals surface area contributed by atoms with E-state index in [0.717, 1.165) is 12.1 Å². The fourth-order valence-corrected chi connectivity index (χ4v) is 1.74. The summed E-state index contributed by atoms with van der Waals surface area (Å²) in [4.78, 5) is 26.6. The summed E-state index contributed by atoms with van der Waals surface area (Å²) in [5.74, 6) is -0.770. The average Bonchev–Trinajstić information content (AvgIpc) is 2.36. The van der Waals surface area contributed by atoms with E-state index in [2.05, 4.69) is 15.6 Å². The summed E-state index contributed by atoms with van der Waals surface area (Å²) in [6.07, 6.45) is -4.45. The van der Waals surface area contributed by atoms with E-state index in [1.165, 1.54) is 6.92 Å². The molecule has 0 aliphatic heterocycles. The van der Waals surface area contributed by atoms with Gasteiger partial charge in [-0.1, -0.05) is 0 Å². The standard InChI is InChI=1S/C14H18F3N3O2/c1-8(2)19-12(21)6-7-18-13(22)10-4-5-11(14(15,16)17)20-9(10)3/h4-5,8H,6-7H2,1-3H3,(H,18,22)(H,19,21). The average molecular weight is 317 g/mol. The highest BCUT2D eigenvalue weighted by atomic mass is 19.4. The molecule has 1 heterocycles. The van der Waals surface area contributed by atoms with E-state index in [0.29, 0.717) is 0 Å². The Hall–Kier alpha value is -2.12. The number of hydrogen-bond donors (Lipinski definition) is 2. The van der Waals surface area contributed by atoms with E-state index in [1.54, 1.807) is 0 Å². The van der Waals surface area contributed by atoms with Crippen LogP contribution in [0.25, 0.3) is 0 Å². The molecule has 1 aromatic rings. The molecule has 8 heteroatoms. The maximum absolute atomic E-state index is 12.5. The molecule has 1 aromatic heterocycles. The van der Waals surface area contributed by atoms with Crippen LogP contribution in [-0.2, 0) is 11.0 Å². The summed E-state index contributed by atoms with van der Waals surface area (Å²) in [5, 5.41) is 5.15. The van der Waals surface area contributed by atoms with Gasteiger partial charge >= 0.3 is 6.18 Å². The number of nitrogens with one attached hydrogen (secondary N) is 2. The van der Waals surface area contributed by atoms with E-state index in [1.807, 2.05) is 13.8 Å². The summed E-state index contributed by atoms with van der Waals surface area (Å²) < 4.78 is 37.5. The topological polar surface area (TPSA) is 71.1 Å². The Morgan fingerprint density at radius 2 is 1.91 bits per heavy atom. The van der Waals surface area contributed by atoms with Crippen LogP contribution in [0.1, 0.15) is 42.0 Å². The van der Waals surface area contributed by atoms with Gasteiger partial charge in [-0.15, -0.1) is 0 Å². The molecular formula is C14H18F3N3O2. The van der Waals surface area contributed by atoms with Crippen molar-refractivity contribution in [3.63, 3.8) is 0 Å². The molecule has 122 valence electrons. The molecule has 0 aromatic carbocycles. The van der Waals surface area contributed by atoms with Crippen LogP contribution in [0.5, 0.6) is 0 Å². The first-order valence-electron chi connectivity index (χ1n) is 6.73. The van der Waals surface area contributed by atoms with Crippen molar-refractivity contribution in [2.75, 3.05) is 6.54 Å². The number of pyridine rings is 1. The van der Waals surface area contributed by atoms with E-state index < -0.39 is 17.8 Å². The number of carbonyl (C=O) groups is 2. The van der Waals surface area contributed by atoms with E-state index in [9.17, 15) is 22.8 Å². The SMILES string of the molecule is Cc1nc(C(F)(F)F)ccc1C(=O)NCCC(=O)NC(C)C. The van der Waals surface area contributed by atoms with E-state index in [4.69, 9.17) is 0 Å². The predicted octanol–water partition coefficient (Wildman–Crippen LogP) is 2.05. The summed E-state index contributed by atoms with van der Waals surface area (Å²) in [6.45, 7) is 5.05. The lowest BCUT2D eigenvalue weighted by Crippen LogP contribution is -2.34. The monoisotopic (exact) mass is 317 g/mol. The van der Waals surface area contributed by atoms with Gasteiger partial charge in [-0.25, -0.2) is 4.98 Å². The Bertz CT molecular complexity index is 557. The Morgan fingerprint density at radius 3 is 2.41 bits per heavy atom. The maximum Gasteiger partial charge on any atom is 0.433 e. The third-order valence-electron chi connectivity index (χ3n) is 2.71. The zero-order chi connectivity index (χ0) is 16.9. The molecule has 2 amide bonds. The number of alkyl halides is 3. The lowest BCUT2D eigenvalue weighted by molar-refractivity contribution is -0.141. The normalized spacial score (nSPS) is 11.4. The Morgan fingerprint density at radius 1 is 1.27 bits per heavy atom. The minimum Gasteiger partial charge on any atom is -0.354 e. The highest BCUT2D eigenvalue weighted by Crippen LogP contribution is 2.28. The van der Waals surface area contributed by atoms with Crippen LogP contribution in [0.4, 0.5) is 13.2 Å². The second-order valence-electron chi connectivity index (χ2n) is 5.06. The van der Waals surface area contributed by atoms with Crippen molar-refractivity contribution >= 4 is 11.8 Å². The predicted molar refractivity (Wildman–Crippen MR) is 74.2 cm³/mol. The number of aryl methyl sites for hydroxylation is 1. The number of carbonyl (C=O) groups excluding carboxylic acids is 2. The van der Waals surface area contributed by atoms with Gasteiger partial charge in [-0.2, -0.15) is 13.2 Å². The fourth-order valence-electron chi connectivity index (χ4n) is 1.74. The first kappa shape index (κ1) is 17.9. The molecule has 0 radical (unpaired) electrons. The number of nitrogens with zero attached hydrogens (tertiary/aromatic N) is 1. The van der Waals surface area contributed by atoms with Crippen LogP contribution in [-0.4, -0.2) is 29.4 Å². The molecule has 0 bridgehead atoms. The van der Waals surface area contributed by atoms with Crippen molar-refractivity contribution in [3.8, 4) is 0 Å². The molecule has 0 spiro atoms. The third kappa shape index (κ3) is 5.34. The quantitative estimate of drug-likeness (QED) is 0.873. The second kappa shape index (κ2) is 7.24. The van der Waals surface area contributed by atoms with Gasteiger partial charge in [-0.05, 0) is 32.9 Å². The number of amides is 2. The molecule has 0 unspecified atom stereocenters. The molecule has 0 aliphatic rings. The molecule has 1 rings (SSSR count). The first-order valence-corrected chi connectivity index (χ1v) is 6.73. The van der Waals surface area contributed by atoms with Gasteiger partial charge in [0.25, 0.3) is 5.91 Å². The Balaban J connectivity index is 2.61. The highest BCUT2D eigenvalue weighted by Gasteiger charge is 2.33. The summed E-state index contributed by atoms with van der Waals surface area (Å²) in [7, 11) is 0. The van der Waals surface area contributed by atoms with E-state index in [-0.39, 0.29) is 36.2 Å². The largest absolute Gasteiger partial charge is 0.433 e. The fraction of sp³-hybridized carbons (Fsp3) is 0.500. The number of aromatic nitrogens is 1. The smallest absolute Gasteiger partial charge is 0.354 e. The molecule has 22 heavy (non-hydrogen) atoms. The minimum absolute atomic E-state index is 0.00422. The van der Waals surface area contributed by atoms with Gasteiger partial charge in [0.1, 0.15) is 5.69 Å². The van der Waals surface area contributed by atoms with Gasteiger partial charge in [0.2, 0.25) is 5.91 Å². The number of hydrogen-bond acceptors (Lipinski definition) is 3. The van der Waals surface area contributed by atoms with E-state index >= 15 is 0 Å². The van der Waals surface area contributed by atoms with Crippen LogP contribution in [0.2, 0.25) is 0 Å². The van der Waals surface area contributed by atoms with Crippen molar-refractivity contribution in [2.45, 2.75) is 39.4 Å². The summed E-state index contributed by atoms with van der Waals surface area (Å²) in [5.41, 5.74) is -1.01. The van der Waals surface area contributed by atoms with Crippen molar-refractivity contribution in [3.05, 3.63) is 29.1 Å². The van der Waals surface area contributed by atoms with Gasteiger partial charge in [0.15, 0.2) is 0 Å². The minimum atomic E-state index is -4.55. The molecule has 2 N–H and O–H groups in total. The van der Waals surface area contributed by atoms with Crippen LogP contribution in [0.15, 0.2) is 12.1 Å². The molecule has 0 saturated carbocycles. The molecular weight excluding hydrogens is 299 g/mol. The van der Waals surface area contributed by atoms with Gasteiger partial charge in [0.05, 0.1) is 11.3 Å². The van der Waals surface area contributed by atoms with Crippen LogP contribution >= 0.6 is 0 Å². The molecule has 5 nitrogen and oxygen atoms in total.